The van der Waals surface area contributed by atoms with Crippen molar-refractivity contribution in [2.24, 2.45) is 11.3 Å². The van der Waals surface area contributed by atoms with Crippen LogP contribution in [-0.4, -0.2) is 20.2 Å². The molecule has 0 radical (unpaired) electrons. The molecule has 2 aliphatic carbocycles. The molecule has 2 aliphatic rings. The fourth-order valence-corrected chi connectivity index (χ4v) is 5.38. The summed E-state index contributed by atoms with van der Waals surface area (Å²) in [6, 6.07) is 4.27. The minimum atomic E-state index is -0.551. The molecule has 2 atom stereocenters. The van der Waals surface area contributed by atoms with E-state index in [-0.39, 0.29) is 11.4 Å². The van der Waals surface area contributed by atoms with Gasteiger partial charge >= 0.3 is 5.97 Å². The van der Waals surface area contributed by atoms with Gasteiger partial charge in [-0.3, -0.25) is 4.79 Å². The minimum Gasteiger partial charge on any atom is -0.496 e. The number of hydrogen-bond donors (Lipinski definition) is 0. The molecule has 1 saturated carbocycles. The molecule has 1 fully saturated rings. The highest BCUT2D eigenvalue weighted by atomic mass is 16.5. The Morgan fingerprint density at radius 1 is 1.24 bits per heavy atom. The molecular formula is C22H30O3. The Morgan fingerprint density at radius 2 is 1.96 bits per heavy atom. The first-order valence-corrected chi connectivity index (χ1v) is 9.23. The van der Waals surface area contributed by atoms with Crippen LogP contribution >= 0.6 is 0 Å². The molecule has 0 aliphatic heterocycles. The summed E-state index contributed by atoms with van der Waals surface area (Å²) in [5.74, 6) is 1.02. The van der Waals surface area contributed by atoms with Crippen molar-refractivity contribution in [2.75, 3.05) is 14.2 Å². The van der Waals surface area contributed by atoms with E-state index in [0.29, 0.717) is 5.92 Å². The number of carbonyl (C=O) groups is 1. The average molecular weight is 342 g/mol. The van der Waals surface area contributed by atoms with E-state index < -0.39 is 5.41 Å². The minimum absolute atomic E-state index is 0.0867. The maximum atomic E-state index is 13.1. The number of benzene rings is 1. The van der Waals surface area contributed by atoms with Crippen molar-refractivity contribution < 1.29 is 14.3 Å². The average Bonchev–Trinajstić information content (AvgIpc) is 2.58. The van der Waals surface area contributed by atoms with Crippen LogP contribution in [0.2, 0.25) is 0 Å². The lowest BCUT2D eigenvalue weighted by molar-refractivity contribution is -0.156. The Bertz CT molecular complexity index is 716. The number of hydrogen-bond acceptors (Lipinski definition) is 3. The molecule has 0 spiro atoms. The van der Waals surface area contributed by atoms with Gasteiger partial charge < -0.3 is 9.47 Å². The molecule has 0 unspecified atom stereocenters. The highest BCUT2D eigenvalue weighted by Crippen LogP contribution is 2.58. The Morgan fingerprint density at radius 3 is 2.56 bits per heavy atom. The zero-order valence-electron chi connectivity index (χ0n) is 16.2. The first kappa shape index (κ1) is 18.0. The van der Waals surface area contributed by atoms with Crippen molar-refractivity contribution in [2.45, 2.75) is 58.3 Å². The summed E-state index contributed by atoms with van der Waals surface area (Å²) < 4.78 is 11.0. The van der Waals surface area contributed by atoms with E-state index in [1.807, 2.05) is 6.92 Å². The van der Waals surface area contributed by atoms with E-state index in [1.54, 1.807) is 7.11 Å². The molecule has 0 N–H and O–H groups in total. The molecule has 136 valence electrons. The van der Waals surface area contributed by atoms with E-state index in [1.165, 1.54) is 12.7 Å². The topological polar surface area (TPSA) is 35.5 Å². The van der Waals surface area contributed by atoms with E-state index in [4.69, 9.17) is 9.47 Å². The van der Waals surface area contributed by atoms with Gasteiger partial charge in [0.1, 0.15) is 5.75 Å². The molecule has 0 aromatic heterocycles. The van der Waals surface area contributed by atoms with Gasteiger partial charge in [-0.1, -0.05) is 26.8 Å². The van der Waals surface area contributed by atoms with E-state index in [0.717, 1.165) is 54.6 Å². The molecule has 1 aromatic rings. The summed E-state index contributed by atoms with van der Waals surface area (Å²) in [5.41, 5.74) is 3.96. The largest absolute Gasteiger partial charge is 0.496 e. The highest BCUT2D eigenvalue weighted by Gasteiger charge is 2.57. The van der Waals surface area contributed by atoms with Crippen LogP contribution in [0.4, 0.5) is 0 Å². The Balaban J connectivity index is 2.27. The van der Waals surface area contributed by atoms with Crippen LogP contribution in [0.15, 0.2) is 18.7 Å². The van der Waals surface area contributed by atoms with Crippen LogP contribution in [0.1, 0.15) is 63.1 Å². The lowest BCUT2D eigenvalue weighted by Gasteiger charge is -2.54. The third kappa shape index (κ3) is 2.59. The molecular weight excluding hydrogens is 312 g/mol. The van der Waals surface area contributed by atoms with Crippen molar-refractivity contribution in [3.8, 4) is 5.75 Å². The van der Waals surface area contributed by atoms with Crippen LogP contribution in [0, 0.1) is 11.3 Å². The maximum absolute atomic E-state index is 13.1. The summed E-state index contributed by atoms with van der Waals surface area (Å²) in [7, 11) is 3.20. The van der Waals surface area contributed by atoms with E-state index in [2.05, 4.69) is 32.6 Å². The molecule has 3 heteroatoms. The quantitative estimate of drug-likeness (QED) is 0.732. The van der Waals surface area contributed by atoms with Gasteiger partial charge in [0.15, 0.2) is 0 Å². The van der Waals surface area contributed by atoms with Gasteiger partial charge in [-0.15, -0.1) is 0 Å². The fourth-order valence-electron chi connectivity index (χ4n) is 5.38. The standard InChI is InChI=1S/C22H30O3/c1-14(2)16-12-15-8-9-19-21(3,4)10-7-11-22(19,20(23)25-6)17(15)13-18(16)24-5/h12-13,19H,1,7-11H2,2-6H3/t19-,22-/m0/s1. The van der Waals surface area contributed by atoms with Gasteiger partial charge in [0.25, 0.3) is 0 Å². The first-order valence-electron chi connectivity index (χ1n) is 9.23. The summed E-state index contributed by atoms with van der Waals surface area (Å²) in [5, 5.41) is 0. The second-order valence-corrected chi connectivity index (χ2v) is 8.39. The van der Waals surface area contributed by atoms with Gasteiger partial charge in [-0.2, -0.15) is 0 Å². The van der Waals surface area contributed by atoms with Gasteiger partial charge in [-0.25, -0.2) is 0 Å². The number of methoxy groups -OCH3 is 2. The van der Waals surface area contributed by atoms with Crippen LogP contribution in [0.3, 0.4) is 0 Å². The van der Waals surface area contributed by atoms with Gasteiger partial charge in [-0.05, 0) is 72.8 Å². The number of rotatable bonds is 3. The molecule has 25 heavy (non-hydrogen) atoms. The molecule has 1 aromatic carbocycles. The van der Waals surface area contributed by atoms with E-state index in [9.17, 15) is 4.79 Å². The normalized spacial score (nSPS) is 27.0. The molecule has 0 saturated heterocycles. The third-order valence-electron chi connectivity index (χ3n) is 6.55. The first-order chi connectivity index (χ1) is 11.8. The second-order valence-electron chi connectivity index (χ2n) is 8.39. The number of aryl methyl sites for hydroxylation is 1. The van der Waals surface area contributed by atoms with Crippen molar-refractivity contribution in [3.63, 3.8) is 0 Å². The molecule has 3 nitrogen and oxygen atoms in total. The SMILES string of the molecule is C=C(C)c1cc2c(cc1OC)[C@@]1(C(=O)OC)CCCC(C)(C)[C@@H]1CC2. The summed E-state index contributed by atoms with van der Waals surface area (Å²) in [6.07, 6.45) is 5.08. The Kier molecular flexibility index (Phi) is 4.47. The molecule has 0 amide bonds. The smallest absolute Gasteiger partial charge is 0.316 e. The number of fused-ring (bicyclic) bond motifs is 3. The van der Waals surface area contributed by atoms with Crippen molar-refractivity contribution in [1.29, 1.82) is 0 Å². The number of carbonyl (C=O) groups excluding carboxylic acids is 1. The highest BCUT2D eigenvalue weighted by molar-refractivity contribution is 5.86. The van der Waals surface area contributed by atoms with Crippen molar-refractivity contribution in [3.05, 3.63) is 35.4 Å². The number of ether oxygens (including phenoxy) is 2. The van der Waals surface area contributed by atoms with Crippen LogP contribution in [-0.2, 0) is 21.4 Å². The predicted octanol–water partition coefficient (Wildman–Crippen LogP) is 4.91. The van der Waals surface area contributed by atoms with Crippen LogP contribution in [0.25, 0.3) is 5.57 Å². The van der Waals surface area contributed by atoms with Crippen LogP contribution in [0.5, 0.6) is 5.75 Å². The van der Waals surface area contributed by atoms with Gasteiger partial charge in [0.2, 0.25) is 0 Å². The Hall–Kier alpha value is -1.77. The monoisotopic (exact) mass is 342 g/mol. The zero-order chi connectivity index (χ0) is 18.4. The lowest BCUT2D eigenvalue weighted by Crippen LogP contribution is -2.54. The Labute approximate surface area is 151 Å². The van der Waals surface area contributed by atoms with Gasteiger partial charge in [0.05, 0.1) is 19.6 Å². The zero-order valence-corrected chi connectivity index (χ0v) is 16.2. The van der Waals surface area contributed by atoms with E-state index >= 15 is 0 Å². The third-order valence-corrected chi connectivity index (χ3v) is 6.55. The number of allylic oxidation sites excluding steroid dienone is 1. The maximum Gasteiger partial charge on any atom is 0.316 e. The summed E-state index contributed by atoms with van der Waals surface area (Å²) >= 11 is 0. The lowest BCUT2D eigenvalue weighted by atomic mass is 9.49. The summed E-state index contributed by atoms with van der Waals surface area (Å²) in [6.45, 7) is 10.7. The van der Waals surface area contributed by atoms with Gasteiger partial charge in [0, 0.05) is 5.56 Å². The van der Waals surface area contributed by atoms with Crippen molar-refractivity contribution >= 4 is 11.5 Å². The molecule has 0 bridgehead atoms. The second kappa shape index (κ2) is 6.19. The summed E-state index contributed by atoms with van der Waals surface area (Å²) in [4.78, 5) is 13.1. The number of esters is 1. The fraction of sp³-hybridized carbons (Fsp3) is 0.591. The van der Waals surface area contributed by atoms with Crippen molar-refractivity contribution in [1.82, 2.24) is 0 Å². The molecule has 0 heterocycles. The molecule has 3 rings (SSSR count). The van der Waals surface area contributed by atoms with Crippen LogP contribution < -0.4 is 4.74 Å². The predicted molar refractivity (Wildman–Crippen MR) is 101 cm³/mol.